The molecule has 1 saturated heterocycles. The molecule has 0 aromatic carbocycles. The Balaban J connectivity index is 2.27. The van der Waals surface area contributed by atoms with Crippen LogP contribution in [-0.2, 0) is 9.53 Å². The van der Waals surface area contributed by atoms with Crippen molar-refractivity contribution in [2.45, 2.75) is 65.1 Å². The Morgan fingerprint density at radius 1 is 1.09 bits per heavy atom. The fourth-order valence-corrected chi connectivity index (χ4v) is 3.18. The van der Waals surface area contributed by atoms with Crippen molar-refractivity contribution in [2.24, 2.45) is 5.92 Å². The lowest BCUT2D eigenvalue weighted by Crippen LogP contribution is -2.32. The monoisotopic (exact) mass is 316 g/mol. The molecule has 3 nitrogen and oxygen atoms in total. The number of aliphatic hydroxyl groups excluding tert-OH is 1. The van der Waals surface area contributed by atoms with Crippen molar-refractivity contribution in [2.75, 3.05) is 0 Å². The van der Waals surface area contributed by atoms with Crippen LogP contribution < -0.4 is 0 Å². The highest BCUT2D eigenvalue weighted by Gasteiger charge is 2.42. The van der Waals surface area contributed by atoms with Gasteiger partial charge in [0.25, 0.3) is 0 Å². The van der Waals surface area contributed by atoms with Gasteiger partial charge in [0.15, 0.2) is 0 Å². The molecule has 0 aromatic rings. The van der Waals surface area contributed by atoms with Crippen LogP contribution in [0.1, 0.15) is 52.9 Å². The number of fused-ring (bicyclic) bond motifs is 1. The summed E-state index contributed by atoms with van der Waals surface area (Å²) < 4.78 is 5.41. The van der Waals surface area contributed by atoms with Gasteiger partial charge in [-0.1, -0.05) is 36.0 Å². The van der Waals surface area contributed by atoms with Crippen molar-refractivity contribution in [3.05, 3.63) is 47.1 Å². The molecule has 0 spiro atoms. The molecule has 1 N–H and O–H groups in total. The van der Waals surface area contributed by atoms with E-state index in [2.05, 4.69) is 38.7 Å². The summed E-state index contributed by atoms with van der Waals surface area (Å²) in [5, 5.41) is 10.6. The Labute approximate surface area is 139 Å². The van der Waals surface area contributed by atoms with Gasteiger partial charge in [-0.15, -0.1) is 0 Å². The molecular formula is C20H28O3. The fourth-order valence-electron chi connectivity index (χ4n) is 3.18. The van der Waals surface area contributed by atoms with Gasteiger partial charge in [0.1, 0.15) is 12.2 Å². The second kappa shape index (κ2) is 7.78. The molecule has 2 aliphatic rings. The van der Waals surface area contributed by atoms with Crippen molar-refractivity contribution in [3.8, 4) is 0 Å². The van der Waals surface area contributed by atoms with E-state index in [1.165, 1.54) is 11.1 Å². The minimum Gasteiger partial charge on any atom is -0.455 e. The predicted octanol–water partition coefficient (Wildman–Crippen LogP) is 4.25. The number of allylic oxidation sites excluding steroid dienone is 5. The molecule has 1 aliphatic heterocycles. The van der Waals surface area contributed by atoms with Gasteiger partial charge in [0.05, 0.1) is 0 Å². The maximum atomic E-state index is 11.9. The number of ether oxygens (including phenoxy) is 1. The molecule has 0 saturated carbocycles. The van der Waals surface area contributed by atoms with Crippen LogP contribution >= 0.6 is 0 Å². The van der Waals surface area contributed by atoms with Gasteiger partial charge in [-0.3, -0.25) is 0 Å². The molecule has 0 bridgehead atoms. The first-order chi connectivity index (χ1) is 10.9. The van der Waals surface area contributed by atoms with Crippen LogP contribution in [0.15, 0.2) is 47.1 Å². The number of esters is 1. The highest BCUT2D eigenvalue weighted by Crippen LogP contribution is 2.34. The van der Waals surface area contributed by atoms with Gasteiger partial charge < -0.3 is 9.84 Å². The summed E-state index contributed by atoms with van der Waals surface area (Å²) in [6, 6.07) is 0. The quantitative estimate of drug-likeness (QED) is 0.413. The number of carbonyl (C=O) groups is 1. The molecule has 0 radical (unpaired) electrons. The third-order valence-electron chi connectivity index (χ3n) is 4.88. The summed E-state index contributed by atoms with van der Waals surface area (Å²) in [5.74, 6) is -0.518. The molecule has 1 fully saturated rings. The first kappa shape index (κ1) is 17.7. The Morgan fingerprint density at radius 3 is 2.39 bits per heavy atom. The first-order valence-corrected chi connectivity index (χ1v) is 8.46. The van der Waals surface area contributed by atoms with Crippen molar-refractivity contribution >= 4 is 5.97 Å². The molecule has 0 aromatic heterocycles. The molecule has 2 rings (SSSR count). The van der Waals surface area contributed by atoms with E-state index in [-0.39, 0.29) is 11.9 Å². The molecule has 126 valence electrons. The molecule has 23 heavy (non-hydrogen) atoms. The topological polar surface area (TPSA) is 46.5 Å². The van der Waals surface area contributed by atoms with E-state index in [1.54, 1.807) is 0 Å². The van der Waals surface area contributed by atoms with Crippen LogP contribution in [0.3, 0.4) is 0 Å². The minimum atomic E-state index is -0.760. The van der Waals surface area contributed by atoms with E-state index in [9.17, 15) is 9.90 Å². The lowest BCUT2D eigenvalue weighted by molar-refractivity contribution is -0.142. The van der Waals surface area contributed by atoms with Gasteiger partial charge in [-0.05, 0) is 58.4 Å². The molecule has 1 aliphatic carbocycles. The Morgan fingerprint density at radius 2 is 1.70 bits per heavy atom. The number of carbonyl (C=O) groups excluding carboxylic acids is 1. The van der Waals surface area contributed by atoms with Gasteiger partial charge >= 0.3 is 5.97 Å². The molecule has 0 amide bonds. The zero-order chi connectivity index (χ0) is 17.0. The average molecular weight is 316 g/mol. The van der Waals surface area contributed by atoms with Crippen LogP contribution in [0, 0.1) is 5.92 Å². The molecule has 3 unspecified atom stereocenters. The summed E-state index contributed by atoms with van der Waals surface area (Å²) in [5.41, 5.74) is 4.03. The van der Waals surface area contributed by atoms with Crippen LogP contribution in [0.2, 0.25) is 0 Å². The summed E-state index contributed by atoms with van der Waals surface area (Å²) in [6.45, 7) is 10.1. The van der Waals surface area contributed by atoms with Crippen LogP contribution in [-0.4, -0.2) is 23.3 Å². The molecule has 3 heteroatoms. The summed E-state index contributed by atoms with van der Waals surface area (Å²) in [6.07, 6.45) is 9.88. The third kappa shape index (κ3) is 4.44. The predicted molar refractivity (Wildman–Crippen MR) is 92.9 cm³/mol. The highest BCUT2D eigenvalue weighted by atomic mass is 16.6. The zero-order valence-corrected chi connectivity index (χ0v) is 14.5. The summed E-state index contributed by atoms with van der Waals surface area (Å²) in [4.78, 5) is 11.9. The van der Waals surface area contributed by atoms with Gasteiger partial charge in [0.2, 0.25) is 0 Å². The minimum absolute atomic E-state index is 0.143. The Hall–Kier alpha value is -1.61. The largest absolute Gasteiger partial charge is 0.455 e. The smallest absolute Gasteiger partial charge is 0.334 e. The van der Waals surface area contributed by atoms with E-state index in [0.717, 1.165) is 31.3 Å². The van der Waals surface area contributed by atoms with Gasteiger partial charge in [-0.25, -0.2) is 4.79 Å². The second-order valence-corrected chi connectivity index (χ2v) is 6.81. The van der Waals surface area contributed by atoms with E-state index < -0.39 is 12.2 Å². The SMILES string of the molecule is C=C1C(=O)OC2C(O)C(C)=CCCC(C)=CCCC(C)=CCC12. The lowest BCUT2D eigenvalue weighted by Gasteiger charge is -2.23. The van der Waals surface area contributed by atoms with Crippen LogP contribution in [0.25, 0.3) is 0 Å². The van der Waals surface area contributed by atoms with Crippen molar-refractivity contribution in [3.63, 3.8) is 0 Å². The lowest BCUT2D eigenvalue weighted by atomic mass is 9.87. The van der Waals surface area contributed by atoms with Crippen molar-refractivity contribution < 1.29 is 14.6 Å². The highest BCUT2D eigenvalue weighted by molar-refractivity contribution is 5.91. The molecule has 3 atom stereocenters. The molecular weight excluding hydrogens is 288 g/mol. The van der Waals surface area contributed by atoms with Crippen molar-refractivity contribution in [1.82, 2.24) is 0 Å². The average Bonchev–Trinajstić information content (AvgIpc) is 2.79. The number of aliphatic hydroxyl groups is 1. The number of rotatable bonds is 0. The van der Waals surface area contributed by atoms with E-state index in [0.29, 0.717) is 12.0 Å². The normalized spacial score (nSPS) is 30.6. The first-order valence-electron chi connectivity index (χ1n) is 8.46. The second-order valence-electron chi connectivity index (χ2n) is 6.81. The third-order valence-corrected chi connectivity index (χ3v) is 4.88. The standard InChI is InChI=1S/C20H28O3/c1-13-7-5-8-14(2)11-12-17-16(4)20(22)23-19(17)18(21)15(3)10-6-9-13/h7,10-11,17-19,21H,4-6,8-9,12H2,1-3H3. The van der Waals surface area contributed by atoms with E-state index in [1.807, 2.05) is 6.92 Å². The van der Waals surface area contributed by atoms with E-state index in [4.69, 9.17) is 4.74 Å². The Bertz CT molecular complexity index is 565. The maximum absolute atomic E-state index is 11.9. The summed E-state index contributed by atoms with van der Waals surface area (Å²) in [7, 11) is 0. The summed E-state index contributed by atoms with van der Waals surface area (Å²) >= 11 is 0. The van der Waals surface area contributed by atoms with Gasteiger partial charge in [0, 0.05) is 11.5 Å². The Kier molecular flexibility index (Phi) is 6.00. The number of hydrogen-bond acceptors (Lipinski definition) is 3. The zero-order valence-electron chi connectivity index (χ0n) is 14.5. The van der Waals surface area contributed by atoms with Crippen LogP contribution in [0.4, 0.5) is 0 Å². The maximum Gasteiger partial charge on any atom is 0.334 e. The van der Waals surface area contributed by atoms with Gasteiger partial charge in [-0.2, -0.15) is 0 Å². The number of hydrogen-bond donors (Lipinski definition) is 1. The fraction of sp³-hybridized carbons (Fsp3) is 0.550. The van der Waals surface area contributed by atoms with Crippen LogP contribution in [0.5, 0.6) is 0 Å². The molecule has 1 heterocycles. The van der Waals surface area contributed by atoms with E-state index >= 15 is 0 Å². The van der Waals surface area contributed by atoms with Crippen molar-refractivity contribution in [1.29, 1.82) is 0 Å².